The van der Waals surface area contributed by atoms with Crippen LogP contribution in [0.2, 0.25) is 5.02 Å². The van der Waals surface area contributed by atoms with E-state index in [1.807, 2.05) is 30.3 Å². The summed E-state index contributed by atoms with van der Waals surface area (Å²) in [6.45, 7) is 1.68. The van der Waals surface area contributed by atoms with Crippen LogP contribution >= 0.6 is 11.6 Å². The summed E-state index contributed by atoms with van der Waals surface area (Å²) in [5.41, 5.74) is 3.99. The molecule has 36 heavy (non-hydrogen) atoms. The molecule has 1 aliphatic rings. The second-order valence-electron chi connectivity index (χ2n) is 8.55. The highest BCUT2D eigenvalue weighted by molar-refractivity contribution is 6.32. The highest BCUT2D eigenvalue weighted by atomic mass is 35.5. The average Bonchev–Trinajstić information content (AvgIpc) is 3.24. The third-order valence-electron chi connectivity index (χ3n) is 6.18. The maximum Gasteiger partial charge on any atom is 0.252 e. The van der Waals surface area contributed by atoms with E-state index in [1.54, 1.807) is 56.4 Å². The predicted octanol–water partition coefficient (Wildman–Crippen LogP) is 5.46. The SMILES string of the molecule is Cc1onc(-c2ccccc2)c1C(=O)CC1N=C(c2ccc(O)cc2)c2cc(Cl)ccc2N(C)C1=O. The zero-order valence-electron chi connectivity index (χ0n) is 19.6. The lowest BCUT2D eigenvalue weighted by Crippen LogP contribution is -2.36. The molecule has 3 aromatic carbocycles. The van der Waals surface area contributed by atoms with Gasteiger partial charge in [-0.25, -0.2) is 0 Å². The van der Waals surface area contributed by atoms with E-state index in [9.17, 15) is 14.7 Å². The van der Waals surface area contributed by atoms with Gasteiger partial charge >= 0.3 is 0 Å². The minimum atomic E-state index is -0.990. The number of phenols is 1. The normalized spacial score (nSPS) is 15.3. The summed E-state index contributed by atoms with van der Waals surface area (Å²) in [6, 6.07) is 20.0. The molecule has 8 heteroatoms. The first kappa shape index (κ1) is 23.5. The first-order valence-corrected chi connectivity index (χ1v) is 11.7. The fourth-order valence-corrected chi connectivity index (χ4v) is 4.54. The van der Waals surface area contributed by atoms with Gasteiger partial charge in [-0.15, -0.1) is 0 Å². The smallest absolute Gasteiger partial charge is 0.252 e. The molecule has 7 nitrogen and oxygen atoms in total. The summed E-state index contributed by atoms with van der Waals surface area (Å²) in [7, 11) is 1.65. The van der Waals surface area contributed by atoms with Crippen LogP contribution in [0.15, 0.2) is 82.3 Å². The van der Waals surface area contributed by atoms with Crippen LogP contribution in [0.3, 0.4) is 0 Å². The number of Topliss-reactive ketones (excluding diaryl/α,β-unsaturated/α-hetero) is 1. The van der Waals surface area contributed by atoms with Crippen molar-refractivity contribution >= 4 is 34.7 Å². The molecule has 0 bridgehead atoms. The third kappa shape index (κ3) is 4.29. The second kappa shape index (κ2) is 9.43. The number of hydrogen-bond donors (Lipinski definition) is 1. The number of carbonyl (C=O) groups excluding carboxylic acids is 2. The van der Waals surface area contributed by atoms with Gasteiger partial charge in [-0.1, -0.05) is 47.1 Å². The maximum atomic E-state index is 13.6. The highest BCUT2D eigenvalue weighted by Crippen LogP contribution is 2.32. The summed E-state index contributed by atoms with van der Waals surface area (Å²) in [5, 5.41) is 14.4. The Hall–Kier alpha value is -4.23. The lowest BCUT2D eigenvalue weighted by Gasteiger charge is -2.20. The molecular weight excluding hydrogens is 478 g/mol. The van der Waals surface area contributed by atoms with E-state index in [2.05, 4.69) is 5.16 Å². The molecule has 1 amide bonds. The zero-order valence-corrected chi connectivity index (χ0v) is 20.4. The van der Waals surface area contributed by atoms with Gasteiger partial charge in [0.25, 0.3) is 5.91 Å². The Morgan fingerprint density at radius 3 is 2.50 bits per heavy atom. The van der Waals surface area contributed by atoms with Gasteiger partial charge in [0.2, 0.25) is 0 Å². The number of hydrogen-bond acceptors (Lipinski definition) is 6. The molecular formula is C28H22ClN3O4. The Bertz CT molecular complexity index is 1490. The Morgan fingerprint density at radius 2 is 1.78 bits per heavy atom. The summed E-state index contributed by atoms with van der Waals surface area (Å²) < 4.78 is 5.36. The number of halogens is 1. The number of likely N-dealkylation sites (N-methyl/N-ethyl adjacent to an activating group) is 1. The molecule has 1 aromatic heterocycles. The number of aliphatic imine (C=N–C) groups is 1. The van der Waals surface area contributed by atoms with Gasteiger partial charge in [0.1, 0.15) is 23.2 Å². The number of phenolic OH excluding ortho intramolecular Hbond substituents is 1. The lowest BCUT2D eigenvalue weighted by molar-refractivity contribution is -0.119. The van der Waals surface area contributed by atoms with E-state index in [1.165, 1.54) is 4.90 Å². The van der Waals surface area contributed by atoms with Gasteiger partial charge in [-0.05, 0) is 49.4 Å². The lowest BCUT2D eigenvalue weighted by atomic mass is 9.98. The number of benzodiazepines with no additional fused rings is 1. The van der Waals surface area contributed by atoms with Crippen molar-refractivity contribution in [1.82, 2.24) is 5.16 Å². The van der Waals surface area contributed by atoms with E-state index in [-0.39, 0.29) is 23.9 Å². The van der Waals surface area contributed by atoms with E-state index in [0.29, 0.717) is 44.6 Å². The van der Waals surface area contributed by atoms with Gasteiger partial charge in [0, 0.05) is 35.2 Å². The number of ketones is 1. The fourth-order valence-electron chi connectivity index (χ4n) is 4.37. The first-order valence-electron chi connectivity index (χ1n) is 11.3. The number of rotatable bonds is 5. The van der Waals surface area contributed by atoms with E-state index in [4.69, 9.17) is 21.1 Å². The summed E-state index contributed by atoms with van der Waals surface area (Å²) in [5.74, 6) is -0.130. The van der Waals surface area contributed by atoms with Crippen molar-refractivity contribution in [2.45, 2.75) is 19.4 Å². The maximum absolute atomic E-state index is 13.6. The van der Waals surface area contributed by atoms with Gasteiger partial charge < -0.3 is 14.5 Å². The molecule has 180 valence electrons. The van der Waals surface area contributed by atoms with Crippen LogP contribution in [0.4, 0.5) is 5.69 Å². The predicted molar refractivity (Wildman–Crippen MR) is 138 cm³/mol. The van der Waals surface area contributed by atoms with Crippen LogP contribution in [0.1, 0.15) is 33.7 Å². The number of carbonyl (C=O) groups is 2. The quantitative estimate of drug-likeness (QED) is 0.367. The molecule has 0 radical (unpaired) electrons. The van der Waals surface area contributed by atoms with Crippen molar-refractivity contribution in [2.75, 3.05) is 11.9 Å². The van der Waals surface area contributed by atoms with E-state index in [0.717, 1.165) is 5.56 Å². The Balaban J connectivity index is 1.59. The standard InChI is InChI=1S/C28H22ClN3O4/c1-16-25(27(31-36-16)17-6-4-3-5-7-17)24(34)15-22-28(35)32(2)23-13-10-19(29)14-21(23)26(30-22)18-8-11-20(33)12-9-18/h3-14,22,33H,15H2,1-2H3. The van der Waals surface area contributed by atoms with Crippen LogP contribution < -0.4 is 4.90 Å². The van der Waals surface area contributed by atoms with Crippen LogP contribution in [0.25, 0.3) is 11.3 Å². The topological polar surface area (TPSA) is 96.0 Å². The van der Waals surface area contributed by atoms with Crippen molar-refractivity contribution in [1.29, 1.82) is 0 Å². The highest BCUT2D eigenvalue weighted by Gasteiger charge is 2.33. The molecule has 1 aliphatic heterocycles. The number of fused-ring (bicyclic) bond motifs is 1. The average molecular weight is 500 g/mol. The molecule has 1 atom stereocenters. The monoisotopic (exact) mass is 499 g/mol. The van der Waals surface area contributed by atoms with Crippen molar-refractivity contribution in [3.05, 3.63) is 100 Å². The van der Waals surface area contributed by atoms with E-state index < -0.39 is 6.04 Å². The Labute approximate surface area is 212 Å². The summed E-state index contributed by atoms with van der Waals surface area (Å²) in [6.07, 6.45) is -0.172. The summed E-state index contributed by atoms with van der Waals surface area (Å²) in [4.78, 5) is 33.4. The molecule has 1 N–H and O–H groups in total. The number of aromatic hydroxyl groups is 1. The van der Waals surface area contributed by atoms with Gasteiger partial charge in [0.15, 0.2) is 5.78 Å². The number of aromatic nitrogens is 1. The first-order chi connectivity index (χ1) is 17.3. The summed E-state index contributed by atoms with van der Waals surface area (Å²) >= 11 is 6.30. The molecule has 0 fully saturated rings. The van der Waals surface area contributed by atoms with Crippen molar-refractivity contribution < 1.29 is 19.2 Å². The van der Waals surface area contributed by atoms with Crippen LogP contribution in [0, 0.1) is 6.92 Å². The van der Waals surface area contributed by atoms with Crippen molar-refractivity contribution in [3.63, 3.8) is 0 Å². The molecule has 2 heterocycles. The minimum absolute atomic E-state index is 0.107. The Kier molecular flexibility index (Phi) is 6.16. The van der Waals surface area contributed by atoms with Crippen molar-refractivity contribution in [2.24, 2.45) is 4.99 Å². The molecule has 0 aliphatic carbocycles. The molecule has 0 spiro atoms. The number of amides is 1. The largest absolute Gasteiger partial charge is 0.508 e. The van der Waals surface area contributed by atoms with Gasteiger partial charge in [-0.2, -0.15) is 0 Å². The van der Waals surface area contributed by atoms with Crippen LogP contribution in [-0.2, 0) is 4.79 Å². The molecule has 4 aromatic rings. The zero-order chi connectivity index (χ0) is 25.4. The van der Waals surface area contributed by atoms with E-state index >= 15 is 0 Å². The van der Waals surface area contributed by atoms with Crippen LogP contribution in [0.5, 0.6) is 5.75 Å². The number of nitrogens with zero attached hydrogens (tertiary/aromatic N) is 3. The number of aryl methyl sites for hydroxylation is 1. The molecule has 5 rings (SSSR count). The van der Waals surface area contributed by atoms with Crippen LogP contribution in [-0.4, -0.2) is 40.8 Å². The molecule has 1 unspecified atom stereocenters. The number of benzene rings is 3. The van der Waals surface area contributed by atoms with Crippen molar-refractivity contribution in [3.8, 4) is 17.0 Å². The minimum Gasteiger partial charge on any atom is -0.508 e. The van der Waals surface area contributed by atoms with Gasteiger partial charge in [0.05, 0.1) is 17.0 Å². The second-order valence-corrected chi connectivity index (χ2v) is 8.99. The third-order valence-corrected chi connectivity index (χ3v) is 6.42. The number of anilines is 1. The fraction of sp³-hybridized carbons (Fsp3) is 0.143. The Morgan fingerprint density at radius 1 is 1.06 bits per heavy atom. The van der Waals surface area contributed by atoms with Gasteiger partial charge in [-0.3, -0.25) is 14.6 Å². The molecule has 0 saturated heterocycles. The molecule has 0 saturated carbocycles.